The van der Waals surface area contributed by atoms with Crippen molar-refractivity contribution in [2.24, 2.45) is 23.2 Å². The molecule has 4 nitrogen and oxygen atoms in total. The second-order valence-corrected chi connectivity index (χ2v) is 6.15. The van der Waals surface area contributed by atoms with E-state index in [1.807, 2.05) is 19.1 Å². The third-order valence-electron chi connectivity index (χ3n) is 5.37. The summed E-state index contributed by atoms with van der Waals surface area (Å²) >= 11 is 0. The van der Waals surface area contributed by atoms with Gasteiger partial charge >= 0.3 is 11.9 Å². The Morgan fingerprint density at radius 1 is 1.53 bits per heavy atom. The fourth-order valence-corrected chi connectivity index (χ4v) is 4.25. The minimum absolute atomic E-state index is 0.0433. The molecule has 2 fully saturated rings. The lowest BCUT2D eigenvalue weighted by molar-refractivity contribution is -0.209. The number of rotatable bonds is 2. The summed E-state index contributed by atoms with van der Waals surface area (Å²) in [6.45, 7) is 6.10. The molecule has 5 atom stereocenters. The fraction of sp³-hybridized carbons (Fsp3) is 0.733. The van der Waals surface area contributed by atoms with E-state index in [0.29, 0.717) is 6.61 Å². The molecule has 0 amide bonds. The normalized spacial score (nSPS) is 46.9. The second-order valence-electron chi connectivity index (χ2n) is 6.15. The van der Waals surface area contributed by atoms with E-state index in [1.54, 1.807) is 6.92 Å². The van der Waals surface area contributed by atoms with E-state index in [0.717, 1.165) is 12.8 Å². The summed E-state index contributed by atoms with van der Waals surface area (Å²) in [4.78, 5) is 24.6. The van der Waals surface area contributed by atoms with Crippen LogP contribution >= 0.6 is 0 Å². The Labute approximate surface area is 113 Å². The van der Waals surface area contributed by atoms with Crippen LogP contribution in [0.5, 0.6) is 0 Å². The van der Waals surface area contributed by atoms with E-state index in [1.165, 1.54) is 0 Å². The number of hydrogen-bond donors (Lipinski definition) is 0. The van der Waals surface area contributed by atoms with Crippen LogP contribution < -0.4 is 0 Å². The van der Waals surface area contributed by atoms with Crippen molar-refractivity contribution in [3.63, 3.8) is 0 Å². The van der Waals surface area contributed by atoms with Gasteiger partial charge in [-0.1, -0.05) is 13.0 Å². The molecule has 1 saturated heterocycles. The summed E-state index contributed by atoms with van der Waals surface area (Å²) in [5.41, 5.74) is -1.36. The zero-order valence-corrected chi connectivity index (χ0v) is 11.6. The number of fused-ring (bicyclic) bond motifs is 1. The molecule has 2 aliphatic heterocycles. The molecule has 2 heterocycles. The maximum atomic E-state index is 12.4. The van der Waals surface area contributed by atoms with Crippen molar-refractivity contribution in [3.05, 3.63) is 12.2 Å². The Morgan fingerprint density at radius 3 is 2.89 bits per heavy atom. The molecule has 2 aliphatic carbocycles. The lowest BCUT2D eigenvalue weighted by Crippen LogP contribution is -2.63. The smallest absolute Gasteiger partial charge is 0.314 e. The molecule has 0 aromatic rings. The van der Waals surface area contributed by atoms with Crippen LogP contribution in [0, 0.1) is 23.2 Å². The van der Waals surface area contributed by atoms with Crippen molar-refractivity contribution in [3.8, 4) is 0 Å². The van der Waals surface area contributed by atoms with Gasteiger partial charge in [0.25, 0.3) is 0 Å². The molecule has 0 radical (unpaired) electrons. The standard InChI is InChI=1S/C15H20O4/c1-4-18-13(17)14(3)10-7-8-15(19-12(10)16)9(2)5-6-11(14)15/h7-11H,4-6H2,1-3H3/t9-,10+,11-,14+,15-/m0/s1. The molecular weight excluding hydrogens is 244 g/mol. The van der Waals surface area contributed by atoms with Gasteiger partial charge < -0.3 is 9.47 Å². The van der Waals surface area contributed by atoms with Crippen LogP contribution in [0.3, 0.4) is 0 Å². The highest BCUT2D eigenvalue weighted by molar-refractivity contribution is 5.90. The van der Waals surface area contributed by atoms with Gasteiger partial charge in [0.2, 0.25) is 0 Å². The maximum Gasteiger partial charge on any atom is 0.314 e. The first-order valence-electron chi connectivity index (χ1n) is 7.06. The molecule has 0 N–H and O–H groups in total. The highest BCUT2D eigenvalue weighted by atomic mass is 16.6. The van der Waals surface area contributed by atoms with Crippen LogP contribution in [0.2, 0.25) is 0 Å². The zero-order chi connectivity index (χ0) is 13.8. The van der Waals surface area contributed by atoms with Crippen LogP contribution in [-0.2, 0) is 19.1 Å². The Morgan fingerprint density at radius 2 is 2.26 bits per heavy atom. The molecule has 19 heavy (non-hydrogen) atoms. The summed E-state index contributed by atoms with van der Waals surface area (Å²) in [5, 5.41) is 0. The van der Waals surface area contributed by atoms with E-state index >= 15 is 0 Å². The quantitative estimate of drug-likeness (QED) is 0.566. The summed E-state index contributed by atoms with van der Waals surface area (Å²) in [7, 11) is 0. The molecule has 1 spiro atoms. The minimum Gasteiger partial charge on any atom is -0.466 e. The first kappa shape index (κ1) is 12.7. The predicted molar refractivity (Wildman–Crippen MR) is 68.1 cm³/mol. The lowest BCUT2D eigenvalue weighted by Gasteiger charge is -2.54. The Bertz CT molecular complexity index is 469. The number of ether oxygens (including phenoxy) is 2. The number of carbonyl (C=O) groups is 2. The van der Waals surface area contributed by atoms with Crippen LogP contribution in [0.4, 0.5) is 0 Å². The molecule has 1 saturated carbocycles. The van der Waals surface area contributed by atoms with Gasteiger partial charge in [0, 0.05) is 5.92 Å². The van der Waals surface area contributed by atoms with Crippen molar-refractivity contribution in [1.82, 2.24) is 0 Å². The van der Waals surface area contributed by atoms with Crippen LogP contribution in [-0.4, -0.2) is 24.1 Å². The third-order valence-corrected chi connectivity index (χ3v) is 5.37. The average Bonchev–Trinajstić information content (AvgIpc) is 2.68. The van der Waals surface area contributed by atoms with Gasteiger partial charge in [0.15, 0.2) is 0 Å². The summed E-state index contributed by atoms with van der Waals surface area (Å²) < 4.78 is 10.9. The van der Waals surface area contributed by atoms with E-state index in [9.17, 15) is 9.59 Å². The largest absolute Gasteiger partial charge is 0.466 e. The molecule has 4 aliphatic rings. The molecule has 4 rings (SSSR count). The van der Waals surface area contributed by atoms with Crippen molar-refractivity contribution < 1.29 is 19.1 Å². The van der Waals surface area contributed by atoms with Gasteiger partial charge in [-0.3, -0.25) is 9.59 Å². The van der Waals surface area contributed by atoms with E-state index in [4.69, 9.17) is 9.47 Å². The minimum atomic E-state index is -0.773. The molecule has 0 aromatic carbocycles. The zero-order valence-electron chi connectivity index (χ0n) is 11.6. The number of hydrogen-bond acceptors (Lipinski definition) is 4. The lowest BCUT2D eigenvalue weighted by atomic mass is 9.56. The first-order valence-corrected chi connectivity index (χ1v) is 7.06. The molecule has 4 heteroatoms. The van der Waals surface area contributed by atoms with Crippen LogP contribution in [0.15, 0.2) is 12.2 Å². The first-order chi connectivity index (χ1) is 8.96. The Balaban J connectivity index is 2.10. The van der Waals surface area contributed by atoms with Crippen molar-refractivity contribution in [2.75, 3.05) is 6.61 Å². The topological polar surface area (TPSA) is 52.6 Å². The Kier molecular flexibility index (Phi) is 2.57. The molecule has 104 valence electrons. The van der Waals surface area contributed by atoms with Crippen molar-refractivity contribution >= 4 is 11.9 Å². The van der Waals surface area contributed by atoms with Gasteiger partial charge in [-0.2, -0.15) is 0 Å². The molecular formula is C15H20O4. The van der Waals surface area contributed by atoms with Crippen molar-refractivity contribution in [1.29, 1.82) is 0 Å². The summed E-state index contributed by atoms with van der Waals surface area (Å²) in [6.07, 6.45) is 5.76. The SMILES string of the molecule is CCOC(=O)[C@]1(C)[C@@H]2C=C[C@@]3(OC2=O)[C@H]1CC[C@@H]3C. The summed E-state index contributed by atoms with van der Waals surface area (Å²) in [6, 6.07) is 0. The number of carbonyl (C=O) groups excluding carboxylic acids is 2. The van der Waals surface area contributed by atoms with Gasteiger partial charge in [0.05, 0.1) is 17.9 Å². The third kappa shape index (κ3) is 1.35. The second kappa shape index (κ2) is 3.84. The monoisotopic (exact) mass is 264 g/mol. The van der Waals surface area contributed by atoms with E-state index < -0.39 is 16.9 Å². The molecule has 0 unspecified atom stereocenters. The van der Waals surface area contributed by atoms with Crippen molar-refractivity contribution in [2.45, 2.75) is 39.2 Å². The fourth-order valence-electron chi connectivity index (χ4n) is 4.25. The maximum absolute atomic E-state index is 12.4. The van der Waals surface area contributed by atoms with Gasteiger partial charge in [-0.25, -0.2) is 0 Å². The highest BCUT2D eigenvalue weighted by Gasteiger charge is 2.69. The molecule has 2 bridgehead atoms. The van der Waals surface area contributed by atoms with Gasteiger partial charge in [0.1, 0.15) is 5.60 Å². The van der Waals surface area contributed by atoms with E-state index in [2.05, 4.69) is 6.92 Å². The summed E-state index contributed by atoms with van der Waals surface area (Å²) in [5.74, 6) is -0.731. The van der Waals surface area contributed by atoms with Crippen LogP contribution in [0.1, 0.15) is 33.6 Å². The average molecular weight is 264 g/mol. The van der Waals surface area contributed by atoms with Gasteiger partial charge in [-0.15, -0.1) is 0 Å². The van der Waals surface area contributed by atoms with Gasteiger partial charge in [-0.05, 0) is 38.7 Å². The Hall–Kier alpha value is -1.32. The predicted octanol–water partition coefficient (Wildman–Crippen LogP) is 2.08. The molecule has 0 aromatic heterocycles. The number of esters is 2. The van der Waals surface area contributed by atoms with Crippen LogP contribution in [0.25, 0.3) is 0 Å². The highest BCUT2D eigenvalue weighted by Crippen LogP contribution is 2.61. The van der Waals surface area contributed by atoms with E-state index in [-0.39, 0.29) is 23.8 Å².